The van der Waals surface area contributed by atoms with E-state index >= 15 is 0 Å². The fraction of sp³-hybridized carbons (Fsp3) is 0.357. The van der Waals surface area contributed by atoms with Gasteiger partial charge in [0.2, 0.25) is 0 Å². The SMILES string of the molecule is Nc1cccc2c1CCN(CCn1cccn1)C2. The molecule has 2 N–H and O–H groups in total. The van der Waals surface area contributed by atoms with E-state index < -0.39 is 0 Å². The van der Waals surface area contributed by atoms with Crippen LogP contribution in [0.15, 0.2) is 36.7 Å². The number of hydrogen-bond donors (Lipinski definition) is 1. The van der Waals surface area contributed by atoms with E-state index in [9.17, 15) is 0 Å². The van der Waals surface area contributed by atoms with Gasteiger partial charge in [0, 0.05) is 37.7 Å². The number of aromatic nitrogens is 2. The van der Waals surface area contributed by atoms with Gasteiger partial charge in [-0.3, -0.25) is 9.58 Å². The first kappa shape index (κ1) is 11.3. The van der Waals surface area contributed by atoms with E-state index in [-0.39, 0.29) is 0 Å². The maximum absolute atomic E-state index is 6.01. The number of nitrogens with zero attached hydrogens (tertiary/aromatic N) is 3. The lowest BCUT2D eigenvalue weighted by atomic mass is 9.98. The summed E-state index contributed by atoms with van der Waals surface area (Å²) in [7, 11) is 0. The fourth-order valence-corrected chi connectivity index (χ4v) is 2.56. The second-order valence-corrected chi connectivity index (χ2v) is 4.78. The van der Waals surface area contributed by atoms with E-state index in [1.54, 1.807) is 0 Å². The van der Waals surface area contributed by atoms with Crippen LogP contribution in [0.1, 0.15) is 11.1 Å². The molecule has 0 bridgehead atoms. The second kappa shape index (κ2) is 4.82. The number of benzene rings is 1. The molecule has 1 aromatic carbocycles. The van der Waals surface area contributed by atoms with Crippen LogP contribution in [-0.2, 0) is 19.5 Å². The summed E-state index contributed by atoms with van der Waals surface area (Å²) in [6.07, 6.45) is 4.89. The van der Waals surface area contributed by atoms with Crippen molar-refractivity contribution in [3.8, 4) is 0 Å². The molecular formula is C14H18N4. The zero-order valence-corrected chi connectivity index (χ0v) is 10.4. The Morgan fingerprint density at radius 2 is 2.17 bits per heavy atom. The van der Waals surface area contributed by atoms with E-state index in [1.807, 2.05) is 35.3 Å². The molecule has 0 atom stereocenters. The minimum absolute atomic E-state index is 0.944. The van der Waals surface area contributed by atoms with Gasteiger partial charge in [0.05, 0.1) is 6.54 Å². The van der Waals surface area contributed by atoms with Gasteiger partial charge >= 0.3 is 0 Å². The van der Waals surface area contributed by atoms with Gasteiger partial charge in [0.1, 0.15) is 0 Å². The van der Waals surface area contributed by atoms with Crippen molar-refractivity contribution in [1.82, 2.24) is 14.7 Å². The first-order chi connectivity index (χ1) is 8.83. The predicted molar refractivity (Wildman–Crippen MR) is 72.1 cm³/mol. The molecule has 18 heavy (non-hydrogen) atoms. The lowest BCUT2D eigenvalue weighted by Crippen LogP contribution is -2.33. The van der Waals surface area contributed by atoms with Crippen molar-refractivity contribution >= 4 is 5.69 Å². The molecule has 1 aliphatic rings. The molecule has 3 rings (SSSR count). The number of rotatable bonds is 3. The molecule has 0 unspecified atom stereocenters. The van der Waals surface area contributed by atoms with Gasteiger partial charge in [-0.15, -0.1) is 0 Å². The van der Waals surface area contributed by atoms with Crippen LogP contribution in [-0.4, -0.2) is 27.8 Å². The molecule has 0 saturated heterocycles. The molecule has 0 fully saturated rings. The van der Waals surface area contributed by atoms with Crippen LogP contribution >= 0.6 is 0 Å². The van der Waals surface area contributed by atoms with Gasteiger partial charge in [-0.1, -0.05) is 12.1 Å². The molecule has 94 valence electrons. The molecule has 0 radical (unpaired) electrons. The molecule has 0 amide bonds. The first-order valence-electron chi connectivity index (χ1n) is 6.39. The van der Waals surface area contributed by atoms with Crippen molar-refractivity contribution in [3.63, 3.8) is 0 Å². The summed E-state index contributed by atoms with van der Waals surface area (Å²) in [6.45, 7) is 4.07. The summed E-state index contributed by atoms with van der Waals surface area (Å²) in [5.41, 5.74) is 9.67. The molecular weight excluding hydrogens is 224 g/mol. The van der Waals surface area contributed by atoms with Gasteiger partial charge in [-0.05, 0) is 29.7 Å². The minimum Gasteiger partial charge on any atom is -0.398 e. The number of fused-ring (bicyclic) bond motifs is 1. The van der Waals surface area contributed by atoms with E-state index in [2.05, 4.69) is 16.1 Å². The average Bonchev–Trinajstić information content (AvgIpc) is 2.90. The van der Waals surface area contributed by atoms with Gasteiger partial charge in [0.25, 0.3) is 0 Å². The molecule has 1 aliphatic heterocycles. The zero-order chi connectivity index (χ0) is 12.4. The smallest absolute Gasteiger partial charge is 0.0536 e. The topological polar surface area (TPSA) is 47.1 Å². The number of nitrogen functional groups attached to an aromatic ring is 1. The molecule has 0 saturated carbocycles. The normalized spacial score (nSPS) is 15.6. The Kier molecular flexibility index (Phi) is 3.02. The standard InChI is InChI=1S/C14H18N4/c15-14-4-1-3-12-11-17(8-5-13(12)14)9-10-18-7-2-6-16-18/h1-4,6-7H,5,8-11,15H2. The third-order valence-corrected chi connectivity index (χ3v) is 3.59. The zero-order valence-electron chi connectivity index (χ0n) is 10.4. The number of anilines is 1. The van der Waals surface area contributed by atoms with Crippen molar-refractivity contribution in [3.05, 3.63) is 47.8 Å². The van der Waals surface area contributed by atoms with E-state index in [1.165, 1.54) is 11.1 Å². The Labute approximate surface area is 107 Å². The van der Waals surface area contributed by atoms with Gasteiger partial charge in [-0.25, -0.2) is 0 Å². The maximum atomic E-state index is 6.01. The van der Waals surface area contributed by atoms with Crippen molar-refractivity contribution in [2.45, 2.75) is 19.5 Å². The van der Waals surface area contributed by atoms with Crippen molar-refractivity contribution in [2.24, 2.45) is 0 Å². The van der Waals surface area contributed by atoms with Gasteiger partial charge < -0.3 is 5.73 Å². The van der Waals surface area contributed by atoms with E-state index in [0.29, 0.717) is 0 Å². The molecule has 0 spiro atoms. The van der Waals surface area contributed by atoms with Crippen LogP contribution in [0.5, 0.6) is 0 Å². The highest BCUT2D eigenvalue weighted by molar-refractivity contribution is 5.51. The van der Waals surface area contributed by atoms with Gasteiger partial charge in [0.15, 0.2) is 0 Å². The Balaban J connectivity index is 1.64. The van der Waals surface area contributed by atoms with Crippen LogP contribution in [0.25, 0.3) is 0 Å². The Morgan fingerprint density at radius 3 is 3.00 bits per heavy atom. The molecule has 1 aromatic heterocycles. The van der Waals surface area contributed by atoms with Crippen molar-refractivity contribution in [1.29, 1.82) is 0 Å². The first-order valence-corrected chi connectivity index (χ1v) is 6.39. The van der Waals surface area contributed by atoms with Crippen LogP contribution in [0.4, 0.5) is 5.69 Å². The summed E-state index contributed by atoms with van der Waals surface area (Å²) >= 11 is 0. The molecule has 2 aromatic rings. The molecule has 4 nitrogen and oxygen atoms in total. The largest absolute Gasteiger partial charge is 0.398 e. The van der Waals surface area contributed by atoms with Crippen molar-refractivity contribution < 1.29 is 0 Å². The van der Waals surface area contributed by atoms with Crippen LogP contribution in [0.2, 0.25) is 0 Å². The Morgan fingerprint density at radius 1 is 1.22 bits per heavy atom. The summed E-state index contributed by atoms with van der Waals surface area (Å²) < 4.78 is 1.98. The number of hydrogen-bond acceptors (Lipinski definition) is 3. The summed E-state index contributed by atoms with van der Waals surface area (Å²) in [4.78, 5) is 2.46. The van der Waals surface area contributed by atoms with Crippen LogP contribution < -0.4 is 5.73 Å². The summed E-state index contributed by atoms with van der Waals surface area (Å²) in [6, 6.07) is 8.20. The molecule has 2 heterocycles. The van der Waals surface area contributed by atoms with E-state index in [4.69, 9.17) is 5.73 Å². The molecule has 0 aliphatic carbocycles. The maximum Gasteiger partial charge on any atom is 0.0536 e. The van der Waals surface area contributed by atoms with Gasteiger partial charge in [-0.2, -0.15) is 5.10 Å². The molecule has 4 heteroatoms. The van der Waals surface area contributed by atoms with Crippen LogP contribution in [0.3, 0.4) is 0 Å². The quantitative estimate of drug-likeness (QED) is 0.830. The monoisotopic (exact) mass is 242 g/mol. The lowest BCUT2D eigenvalue weighted by molar-refractivity contribution is 0.240. The Hall–Kier alpha value is -1.81. The summed E-state index contributed by atoms with van der Waals surface area (Å²) in [5.74, 6) is 0. The lowest BCUT2D eigenvalue weighted by Gasteiger charge is -2.29. The van der Waals surface area contributed by atoms with E-state index in [0.717, 1.165) is 38.3 Å². The van der Waals surface area contributed by atoms with Crippen LogP contribution in [0, 0.1) is 0 Å². The minimum atomic E-state index is 0.944. The third kappa shape index (κ3) is 2.24. The highest BCUT2D eigenvalue weighted by Gasteiger charge is 2.17. The van der Waals surface area contributed by atoms with Crippen molar-refractivity contribution in [2.75, 3.05) is 18.8 Å². The second-order valence-electron chi connectivity index (χ2n) is 4.78. The highest BCUT2D eigenvalue weighted by Crippen LogP contribution is 2.23. The summed E-state index contributed by atoms with van der Waals surface area (Å²) in [5, 5.41) is 4.23. The highest BCUT2D eigenvalue weighted by atomic mass is 15.3. The predicted octanol–water partition coefficient (Wildman–Crippen LogP) is 1.52. The average molecular weight is 242 g/mol. The fourth-order valence-electron chi connectivity index (χ4n) is 2.56. The number of nitrogens with two attached hydrogens (primary N) is 1. The Bertz CT molecular complexity index is 519. The third-order valence-electron chi connectivity index (χ3n) is 3.59.